The van der Waals surface area contributed by atoms with Crippen LogP contribution in [0, 0.1) is 5.92 Å². The molecular weight excluding hydrogens is 520 g/mol. The van der Waals surface area contributed by atoms with E-state index in [0.717, 1.165) is 42.0 Å². The van der Waals surface area contributed by atoms with Crippen LogP contribution in [0.3, 0.4) is 0 Å². The minimum atomic E-state index is -1.05. The fourth-order valence-corrected chi connectivity index (χ4v) is 5.34. The molecule has 2 aromatic carbocycles. The molecular formula is C31H36N6O4. The highest BCUT2D eigenvalue weighted by Crippen LogP contribution is 2.33. The number of amides is 1. The van der Waals surface area contributed by atoms with Crippen LogP contribution in [-0.2, 0) is 11.3 Å². The number of nitrogens with zero attached hydrogens (tertiary/aromatic N) is 6. The van der Waals surface area contributed by atoms with Crippen molar-refractivity contribution in [1.29, 1.82) is 0 Å². The molecule has 1 aliphatic heterocycles. The van der Waals surface area contributed by atoms with Crippen molar-refractivity contribution in [3.05, 3.63) is 71.4 Å². The summed E-state index contributed by atoms with van der Waals surface area (Å²) in [7, 11) is 4.04. The molecule has 0 bridgehead atoms. The number of hydrogen-bond acceptors (Lipinski definition) is 7. The van der Waals surface area contributed by atoms with Gasteiger partial charge in [0.15, 0.2) is 5.65 Å². The predicted molar refractivity (Wildman–Crippen MR) is 156 cm³/mol. The van der Waals surface area contributed by atoms with Crippen molar-refractivity contribution in [2.45, 2.75) is 37.8 Å². The van der Waals surface area contributed by atoms with Crippen LogP contribution in [0.4, 0.5) is 0 Å². The number of rotatable bonds is 9. The summed E-state index contributed by atoms with van der Waals surface area (Å²) in [6.45, 7) is 2.66. The Labute approximate surface area is 238 Å². The highest BCUT2D eigenvalue weighted by Gasteiger charge is 2.39. The quantitative estimate of drug-likeness (QED) is 0.338. The second-order valence-corrected chi connectivity index (χ2v) is 11.5. The van der Waals surface area contributed by atoms with Crippen LogP contribution >= 0.6 is 0 Å². The Kier molecular flexibility index (Phi) is 7.35. The maximum atomic E-state index is 13.3. The highest BCUT2D eigenvalue weighted by atomic mass is 16.5. The number of ether oxygens (including phenoxy) is 1. The molecule has 1 aliphatic carbocycles. The van der Waals surface area contributed by atoms with Crippen LogP contribution in [0.15, 0.2) is 65.8 Å². The monoisotopic (exact) mass is 556 g/mol. The second-order valence-electron chi connectivity index (χ2n) is 11.5. The van der Waals surface area contributed by atoms with Crippen molar-refractivity contribution in [1.82, 2.24) is 29.1 Å². The number of fused-ring (bicyclic) bond motifs is 1. The Bertz CT molecular complexity index is 1580. The Hall–Kier alpha value is -4.02. The zero-order valence-corrected chi connectivity index (χ0v) is 23.6. The first-order valence-corrected chi connectivity index (χ1v) is 14.2. The van der Waals surface area contributed by atoms with E-state index >= 15 is 0 Å². The number of piperidine rings is 1. The lowest BCUT2D eigenvalue weighted by Crippen LogP contribution is -2.50. The van der Waals surface area contributed by atoms with Gasteiger partial charge < -0.3 is 19.6 Å². The molecule has 2 aromatic heterocycles. The van der Waals surface area contributed by atoms with Crippen molar-refractivity contribution in [3.8, 4) is 22.6 Å². The third-order valence-corrected chi connectivity index (χ3v) is 8.06. The van der Waals surface area contributed by atoms with E-state index in [2.05, 4.69) is 15.0 Å². The van der Waals surface area contributed by atoms with E-state index in [0.29, 0.717) is 43.6 Å². The van der Waals surface area contributed by atoms with Gasteiger partial charge in [-0.15, -0.1) is 0 Å². The molecule has 214 valence electrons. The lowest BCUT2D eigenvalue weighted by atomic mass is 9.91. The van der Waals surface area contributed by atoms with Gasteiger partial charge in [-0.2, -0.15) is 5.10 Å². The summed E-state index contributed by atoms with van der Waals surface area (Å²) >= 11 is 0. The lowest BCUT2D eigenvalue weighted by Gasteiger charge is -2.38. The maximum Gasteiger partial charge on any atom is 0.264 e. The number of hydrogen-bond donors (Lipinski definition) is 1. The van der Waals surface area contributed by atoms with Gasteiger partial charge in [-0.3, -0.25) is 14.2 Å². The largest absolute Gasteiger partial charge is 0.492 e. The maximum absolute atomic E-state index is 13.3. The van der Waals surface area contributed by atoms with E-state index in [1.165, 1.54) is 17.1 Å². The molecule has 41 heavy (non-hydrogen) atoms. The Balaban J connectivity index is 1.14. The van der Waals surface area contributed by atoms with Crippen LogP contribution in [0.2, 0.25) is 0 Å². The minimum absolute atomic E-state index is 0.138. The topological polar surface area (TPSA) is 106 Å². The van der Waals surface area contributed by atoms with Crippen molar-refractivity contribution < 1.29 is 14.6 Å². The Morgan fingerprint density at radius 2 is 1.71 bits per heavy atom. The molecule has 3 heterocycles. The fraction of sp³-hybridized carbons (Fsp3) is 0.419. The van der Waals surface area contributed by atoms with Gasteiger partial charge >= 0.3 is 0 Å². The van der Waals surface area contributed by atoms with Gasteiger partial charge in [-0.1, -0.05) is 24.3 Å². The summed E-state index contributed by atoms with van der Waals surface area (Å²) in [6, 6.07) is 16.0. The van der Waals surface area contributed by atoms with Crippen LogP contribution in [-0.4, -0.2) is 86.1 Å². The number of aliphatic hydroxyl groups is 1. The summed E-state index contributed by atoms with van der Waals surface area (Å²) in [5.41, 5.74) is 2.10. The fourth-order valence-electron chi connectivity index (χ4n) is 5.34. The Morgan fingerprint density at radius 3 is 2.34 bits per heavy atom. The van der Waals surface area contributed by atoms with Gasteiger partial charge in [-0.05, 0) is 75.2 Å². The molecule has 1 N–H and O–H groups in total. The first-order valence-electron chi connectivity index (χ1n) is 14.2. The smallest absolute Gasteiger partial charge is 0.264 e. The predicted octanol–water partition coefficient (Wildman–Crippen LogP) is 2.95. The number of carbonyl (C=O) groups is 1. The molecule has 2 aliphatic rings. The third-order valence-electron chi connectivity index (χ3n) is 8.06. The number of carbonyl (C=O) groups excluding carboxylic acids is 1. The average Bonchev–Trinajstić information content (AvgIpc) is 3.74. The molecule has 4 aromatic rings. The zero-order valence-electron chi connectivity index (χ0n) is 23.6. The van der Waals surface area contributed by atoms with E-state index in [9.17, 15) is 14.7 Å². The minimum Gasteiger partial charge on any atom is -0.492 e. The van der Waals surface area contributed by atoms with E-state index in [4.69, 9.17) is 4.74 Å². The first kappa shape index (κ1) is 27.2. The molecule has 0 spiro atoms. The number of likely N-dealkylation sites (tertiary alicyclic amines) is 1. The number of benzene rings is 2. The summed E-state index contributed by atoms with van der Waals surface area (Å²) in [6.07, 6.45) is 5.84. The SMILES string of the molecule is CN(C)CCOc1ccc(-c2ccc(-n3ncc4c(=O)n(CC5(O)CCN(C(=O)C6CC6)CC5)cnc43)cc2)cc1. The first-order chi connectivity index (χ1) is 19.8. The van der Waals surface area contributed by atoms with Crippen LogP contribution < -0.4 is 10.3 Å². The molecule has 0 radical (unpaired) electrons. The summed E-state index contributed by atoms with van der Waals surface area (Å²) in [4.78, 5) is 34.2. The zero-order chi connectivity index (χ0) is 28.6. The average molecular weight is 557 g/mol. The molecule has 10 nitrogen and oxygen atoms in total. The lowest BCUT2D eigenvalue weighted by molar-refractivity contribution is -0.137. The third kappa shape index (κ3) is 5.89. The summed E-state index contributed by atoms with van der Waals surface area (Å²) < 4.78 is 8.91. The van der Waals surface area contributed by atoms with Crippen molar-refractivity contribution in [3.63, 3.8) is 0 Å². The van der Waals surface area contributed by atoms with E-state index in [1.807, 2.05) is 67.5 Å². The van der Waals surface area contributed by atoms with Crippen LogP contribution in [0.5, 0.6) is 5.75 Å². The second kappa shape index (κ2) is 11.1. The van der Waals surface area contributed by atoms with Crippen LogP contribution in [0.1, 0.15) is 25.7 Å². The number of aromatic nitrogens is 4. The standard InChI is InChI=1S/C31H36N6O4/c1-34(2)17-18-41-26-11-7-23(8-12-26)22-5-9-25(10-6-22)37-28-27(19-33-37)30(39)36(21-32-28)20-31(40)13-15-35(16-14-31)29(38)24-3-4-24/h5-12,19,21,24,40H,3-4,13-18,20H2,1-2H3. The van der Waals surface area contributed by atoms with E-state index < -0.39 is 5.60 Å². The van der Waals surface area contributed by atoms with E-state index in [1.54, 1.807) is 4.68 Å². The van der Waals surface area contributed by atoms with Gasteiger partial charge in [0.2, 0.25) is 5.91 Å². The number of likely N-dealkylation sites (N-methyl/N-ethyl adjacent to an activating group) is 1. The molecule has 1 saturated carbocycles. The summed E-state index contributed by atoms with van der Waals surface area (Å²) in [5.74, 6) is 1.22. The molecule has 1 saturated heterocycles. The van der Waals surface area contributed by atoms with Gasteiger partial charge in [0.05, 0.1) is 24.0 Å². The molecule has 0 atom stereocenters. The van der Waals surface area contributed by atoms with Gasteiger partial charge in [0.1, 0.15) is 24.1 Å². The normalized spacial score (nSPS) is 16.8. The van der Waals surface area contributed by atoms with Crippen LogP contribution in [0.25, 0.3) is 27.8 Å². The van der Waals surface area contributed by atoms with Gasteiger partial charge in [0.25, 0.3) is 5.56 Å². The molecule has 2 fully saturated rings. The van der Waals surface area contributed by atoms with Gasteiger partial charge in [0, 0.05) is 25.6 Å². The molecule has 0 unspecified atom stereocenters. The van der Waals surface area contributed by atoms with Crippen molar-refractivity contribution in [2.24, 2.45) is 5.92 Å². The Morgan fingerprint density at radius 1 is 1.05 bits per heavy atom. The van der Waals surface area contributed by atoms with Crippen molar-refractivity contribution >= 4 is 16.9 Å². The highest BCUT2D eigenvalue weighted by molar-refractivity contribution is 5.81. The molecule has 10 heteroatoms. The van der Waals surface area contributed by atoms with Gasteiger partial charge in [-0.25, -0.2) is 9.67 Å². The molecule has 6 rings (SSSR count). The summed E-state index contributed by atoms with van der Waals surface area (Å²) in [5, 5.41) is 16.0. The molecule has 1 amide bonds. The van der Waals surface area contributed by atoms with E-state index in [-0.39, 0.29) is 23.9 Å². The van der Waals surface area contributed by atoms with Crippen molar-refractivity contribution in [2.75, 3.05) is 40.3 Å².